The molecule has 4 heteroatoms. The van der Waals surface area contributed by atoms with Gasteiger partial charge in [-0.1, -0.05) is 0 Å². The Morgan fingerprint density at radius 2 is 2.13 bits per heavy atom. The van der Waals surface area contributed by atoms with Crippen LogP contribution < -0.4 is 0 Å². The van der Waals surface area contributed by atoms with Gasteiger partial charge in [-0.15, -0.1) is 0 Å². The van der Waals surface area contributed by atoms with E-state index in [1.807, 2.05) is 6.92 Å². The van der Waals surface area contributed by atoms with Crippen molar-refractivity contribution in [3.63, 3.8) is 0 Å². The van der Waals surface area contributed by atoms with Crippen LogP contribution in [0.15, 0.2) is 24.3 Å². The van der Waals surface area contributed by atoms with Crippen LogP contribution in [0.2, 0.25) is 9.84 Å². The zero-order valence-corrected chi connectivity index (χ0v) is 10.7. The van der Waals surface area contributed by atoms with Gasteiger partial charge in [0.2, 0.25) is 0 Å². The van der Waals surface area contributed by atoms with Crippen molar-refractivity contribution in [3.8, 4) is 6.07 Å². The maximum atomic E-state index is 11.7. The first-order chi connectivity index (χ1) is 7.17. The molecule has 0 fully saturated rings. The summed E-state index contributed by atoms with van der Waals surface area (Å²) < 4.78 is 0.0626. The number of nitriles is 1. The fourth-order valence-corrected chi connectivity index (χ4v) is 2.68. The van der Waals surface area contributed by atoms with Gasteiger partial charge < -0.3 is 0 Å². The van der Waals surface area contributed by atoms with Gasteiger partial charge >= 0.3 is 100 Å². The molecule has 1 aromatic carbocycles. The van der Waals surface area contributed by atoms with Crippen LogP contribution in [0.4, 0.5) is 0 Å². The Labute approximate surface area is 100 Å². The Kier molecular flexibility index (Phi) is 4.84. The summed E-state index contributed by atoms with van der Waals surface area (Å²) in [5, 5.41) is 9.38. The monoisotopic (exact) mass is 287 g/mol. The van der Waals surface area contributed by atoms with Gasteiger partial charge in [-0.05, 0) is 0 Å². The van der Waals surface area contributed by atoms with E-state index in [0.29, 0.717) is 10.6 Å². The van der Waals surface area contributed by atoms with E-state index in [2.05, 4.69) is 6.07 Å². The number of nitrogens with zero attached hydrogens (tertiary/aromatic N) is 1. The van der Waals surface area contributed by atoms with Crippen LogP contribution in [0.1, 0.15) is 23.7 Å². The first-order valence-corrected chi connectivity index (χ1v) is 6.76. The number of carbonyl (C=O) groups excluding carboxylic acids is 1. The summed E-state index contributed by atoms with van der Waals surface area (Å²) in [5.74, 6) is 0. The van der Waals surface area contributed by atoms with Crippen molar-refractivity contribution in [2.24, 2.45) is 0 Å². The summed E-state index contributed by atoms with van der Waals surface area (Å²) in [7, 11) is 0. The van der Waals surface area contributed by atoms with E-state index in [4.69, 9.17) is 16.9 Å². The molecule has 1 rings (SSSR count). The molecule has 0 saturated heterocycles. The SMILES string of the molecule is CCC(C#N)[Se]C(=O)c1ccc(Cl)cc1. The molecular formula is C11H10ClNOSe. The Balaban J connectivity index is 2.70. The van der Waals surface area contributed by atoms with E-state index in [1.165, 1.54) is 0 Å². The second kappa shape index (κ2) is 5.92. The zero-order valence-electron chi connectivity index (χ0n) is 8.24. The van der Waals surface area contributed by atoms with E-state index in [-0.39, 0.29) is 24.5 Å². The molecule has 1 atom stereocenters. The molecule has 0 heterocycles. The third-order valence-electron chi connectivity index (χ3n) is 1.84. The molecule has 15 heavy (non-hydrogen) atoms. The molecule has 0 aromatic heterocycles. The van der Waals surface area contributed by atoms with Crippen LogP contribution in [0.5, 0.6) is 0 Å². The second-order valence-electron chi connectivity index (χ2n) is 2.94. The molecule has 1 unspecified atom stereocenters. The number of hydrogen-bond donors (Lipinski definition) is 0. The van der Waals surface area contributed by atoms with Crippen molar-refractivity contribution >= 4 is 31.2 Å². The first kappa shape index (κ1) is 12.3. The molecule has 0 amide bonds. The summed E-state index contributed by atoms with van der Waals surface area (Å²) in [6, 6.07) is 8.94. The van der Waals surface area contributed by atoms with Crippen LogP contribution in [-0.2, 0) is 0 Å². The number of rotatable bonds is 4. The third kappa shape index (κ3) is 3.68. The molecule has 0 N–H and O–H groups in total. The number of carbonyl (C=O) groups is 1. The van der Waals surface area contributed by atoms with E-state index in [0.717, 1.165) is 6.42 Å². The average Bonchev–Trinajstić information content (AvgIpc) is 2.26. The Bertz CT molecular complexity index is 383. The number of halogens is 1. The van der Waals surface area contributed by atoms with E-state index < -0.39 is 0 Å². The Hall–Kier alpha value is -0.811. The van der Waals surface area contributed by atoms with Gasteiger partial charge in [0.15, 0.2) is 0 Å². The molecule has 0 aliphatic carbocycles. The molecule has 78 valence electrons. The molecule has 0 spiro atoms. The van der Waals surface area contributed by atoms with E-state index in [1.54, 1.807) is 24.3 Å². The van der Waals surface area contributed by atoms with Crippen molar-refractivity contribution in [3.05, 3.63) is 34.9 Å². The van der Waals surface area contributed by atoms with Gasteiger partial charge in [0, 0.05) is 0 Å². The van der Waals surface area contributed by atoms with Crippen LogP contribution >= 0.6 is 11.6 Å². The van der Waals surface area contributed by atoms with Crippen molar-refractivity contribution in [1.29, 1.82) is 5.26 Å². The van der Waals surface area contributed by atoms with Gasteiger partial charge in [-0.2, -0.15) is 0 Å². The average molecular weight is 287 g/mol. The Morgan fingerprint density at radius 1 is 1.53 bits per heavy atom. The first-order valence-electron chi connectivity index (χ1n) is 4.53. The van der Waals surface area contributed by atoms with Gasteiger partial charge in [0.25, 0.3) is 0 Å². The van der Waals surface area contributed by atoms with E-state index >= 15 is 0 Å². The minimum atomic E-state index is -0.294. The van der Waals surface area contributed by atoms with E-state index in [9.17, 15) is 4.79 Å². The van der Waals surface area contributed by atoms with Crippen LogP contribution in [0.25, 0.3) is 0 Å². The summed E-state index contributed by atoms with van der Waals surface area (Å²) >= 11 is 5.42. The van der Waals surface area contributed by atoms with Crippen LogP contribution in [0, 0.1) is 11.3 Å². The predicted octanol–water partition coefficient (Wildman–Crippen LogP) is 2.91. The van der Waals surface area contributed by atoms with Crippen LogP contribution in [-0.4, -0.2) is 19.6 Å². The summed E-state index contributed by atoms with van der Waals surface area (Å²) in [6.45, 7) is 1.92. The zero-order chi connectivity index (χ0) is 11.3. The summed E-state index contributed by atoms with van der Waals surface area (Å²) in [6.07, 6.45) is 0.732. The molecule has 0 saturated carbocycles. The molecule has 0 aliphatic heterocycles. The van der Waals surface area contributed by atoms with Gasteiger partial charge in [0.1, 0.15) is 0 Å². The second-order valence-corrected chi connectivity index (χ2v) is 5.84. The van der Waals surface area contributed by atoms with Gasteiger partial charge in [-0.3, -0.25) is 0 Å². The normalized spacial score (nSPS) is 11.8. The third-order valence-corrected chi connectivity index (χ3v) is 4.56. The fourth-order valence-electron chi connectivity index (χ4n) is 0.984. The van der Waals surface area contributed by atoms with Crippen molar-refractivity contribution in [1.82, 2.24) is 0 Å². The molecule has 2 nitrogen and oxygen atoms in total. The maximum absolute atomic E-state index is 11.7. The van der Waals surface area contributed by atoms with Crippen molar-refractivity contribution in [2.75, 3.05) is 0 Å². The number of hydrogen-bond acceptors (Lipinski definition) is 2. The fraction of sp³-hybridized carbons (Fsp3) is 0.273. The van der Waals surface area contributed by atoms with Crippen molar-refractivity contribution in [2.45, 2.75) is 18.2 Å². The Morgan fingerprint density at radius 3 is 2.60 bits per heavy atom. The molecule has 0 bridgehead atoms. The van der Waals surface area contributed by atoms with Crippen molar-refractivity contribution < 1.29 is 4.79 Å². The molecular weight excluding hydrogens is 277 g/mol. The topological polar surface area (TPSA) is 40.9 Å². The predicted molar refractivity (Wildman–Crippen MR) is 61.2 cm³/mol. The quantitative estimate of drug-likeness (QED) is 0.799. The van der Waals surface area contributed by atoms with Gasteiger partial charge in [-0.25, -0.2) is 0 Å². The minimum absolute atomic E-state index is 0.0626. The summed E-state index contributed by atoms with van der Waals surface area (Å²) in [5.41, 5.74) is 0.646. The number of benzene rings is 1. The standard InChI is InChI=1S/C11H10ClNOSe/c1-2-10(7-13)15-11(14)8-3-5-9(12)6-4-8/h3-6,10H,2H2,1H3. The molecule has 0 aliphatic rings. The van der Waals surface area contributed by atoms with Crippen LogP contribution in [0.3, 0.4) is 0 Å². The molecule has 1 aromatic rings. The molecule has 0 radical (unpaired) electrons. The summed E-state index contributed by atoms with van der Waals surface area (Å²) in [4.78, 5) is 11.6. The van der Waals surface area contributed by atoms with Gasteiger partial charge in [0.05, 0.1) is 0 Å².